The minimum atomic E-state index is -3.92. The van der Waals surface area contributed by atoms with Gasteiger partial charge in [-0.25, -0.2) is 4.57 Å². The molecule has 0 aromatic carbocycles. The van der Waals surface area contributed by atoms with Gasteiger partial charge >= 0.3 is 6.80 Å². The molecule has 0 heterocycles. The molecule has 0 unspecified atom stereocenters. The average molecular weight is 281 g/mol. The van der Waals surface area contributed by atoms with Crippen LogP contribution >= 0.6 is 18.2 Å². The first-order chi connectivity index (χ1) is 7.97. The maximum atomic E-state index is 10.5. The van der Waals surface area contributed by atoms with Gasteiger partial charge in [0.05, 0.1) is 5.84 Å². The molecule has 6 nitrogen and oxygen atoms in total. The molecule has 0 spiro atoms. The van der Waals surface area contributed by atoms with Gasteiger partial charge < -0.3 is 20.8 Å². The summed E-state index contributed by atoms with van der Waals surface area (Å²) in [6, 6.07) is 0. The highest BCUT2D eigenvalue weighted by Gasteiger charge is 2.20. The van der Waals surface area contributed by atoms with E-state index >= 15 is 0 Å². The van der Waals surface area contributed by atoms with Crippen molar-refractivity contribution in [3.8, 4) is 0 Å². The van der Waals surface area contributed by atoms with Gasteiger partial charge in [-0.05, 0) is 30.1 Å². The number of nitrogens with zero attached hydrogens (tertiary/aromatic N) is 1. The molecule has 0 aromatic rings. The summed E-state index contributed by atoms with van der Waals surface area (Å²) in [5.74, 6) is 1.80. The van der Waals surface area contributed by atoms with E-state index in [9.17, 15) is 4.57 Å². The summed E-state index contributed by atoms with van der Waals surface area (Å²) in [7, 11) is 0. The smallest absolute Gasteiger partial charge is 0.384 e. The SMILES string of the molecule is NC(CCNCCSP(=O)(O)O)=NCC1CC1. The number of amidine groups is 1. The van der Waals surface area contributed by atoms with Crippen LogP contribution in [-0.4, -0.2) is 41.0 Å². The highest BCUT2D eigenvalue weighted by molar-refractivity contribution is 8.54. The summed E-state index contributed by atoms with van der Waals surface area (Å²) in [6.45, 7) is -1.82. The summed E-state index contributed by atoms with van der Waals surface area (Å²) < 4.78 is 10.5. The van der Waals surface area contributed by atoms with Crippen LogP contribution in [0.5, 0.6) is 0 Å². The molecule has 0 saturated heterocycles. The van der Waals surface area contributed by atoms with Crippen LogP contribution in [0.4, 0.5) is 0 Å². The second-order valence-electron chi connectivity index (χ2n) is 4.10. The number of rotatable bonds is 9. The Balaban J connectivity index is 1.92. The van der Waals surface area contributed by atoms with Crippen molar-refractivity contribution in [2.75, 3.05) is 25.4 Å². The Bertz CT molecular complexity index is 304. The van der Waals surface area contributed by atoms with E-state index in [4.69, 9.17) is 15.5 Å². The van der Waals surface area contributed by atoms with Crippen LogP contribution in [0.3, 0.4) is 0 Å². The lowest BCUT2D eigenvalue weighted by atomic mass is 10.3. The topological polar surface area (TPSA) is 108 Å². The highest BCUT2D eigenvalue weighted by Crippen LogP contribution is 2.49. The molecule has 1 fully saturated rings. The van der Waals surface area contributed by atoms with E-state index in [1.165, 1.54) is 12.8 Å². The monoisotopic (exact) mass is 281 g/mol. The second kappa shape index (κ2) is 7.38. The zero-order valence-electron chi connectivity index (χ0n) is 9.71. The van der Waals surface area contributed by atoms with Gasteiger partial charge in [0.15, 0.2) is 0 Å². The molecule has 17 heavy (non-hydrogen) atoms. The van der Waals surface area contributed by atoms with E-state index in [-0.39, 0.29) is 0 Å². The van der Waals surface area contributed by atoms with Gasteiger partial charge in [0, 0.05) is 31.8 Å². The van der Waals surface area contributed by atoms with Crippen molar-refractivity contribution in [2.24, 2.45) is 16.6 Å². The lowest BCUT2D eigenvalue weighted by molar-refractivity contribution is 0.397. The Labute approximate surface area is 105 Å². The van der Waals surface area contributed by atoms with Gasteiger partial charge in [-0.15, -0.1) is 0 Å². The Kier molecular flexibility index (Phi) is 6.51. The predicted molar refractivity (Wildman–Crippen MR) is 71.2 cm³/mol. The molecule has 0 bridgehead atoms. The Morgan fingerprint density at radius 3 is 2.76 bits per heavy atom. The molecule has 1 aliphatic carbocycles. The Hall–Kier alpha value is -0.0700. The quantitative estimate of drug-likeness (QED) is 0.213. The fourth-order valence-corrected chi connectivity index (χ4v) is 2.66. The molecular weight excluding hydrogens is 261 g/mol. The van der Waals surface area contributed by atoms with Crippen LogP contribution in [0.1, 0.15) is 19.3 Å². The van der Waals surface area contributed by atoms with E-state index < -0.39 is 6.80 Å². The molecule has 0 aromatic heterocycles. The van der Waals surface area contributed by atoms with Crippen molar-refractivity contribution in [2.45, 2.75) is 19.3 Å². The zero-order valence-corrected chi connectivity index (χ0v) is 11.4. The molecule has 0 radical (unpaired) electrons. The fourth-order valence-electron chi connectivity index (χ4n) is 1.20. The van der Waals surface area contributed by atoms with Crippen LogP contribution in [0, 0.1) is 5.92 Å². The number of nitrogens with two attached hydrogens (primary N) is 1. The third-order valence-corrected chi connectivity index (χ3v) is 4.63. The number of nitrogens with one attached hydrogen (secondary N) is 1. The number of hydrogen-bond acceptors (Lipinski definition) is 4. The molecule has 0 atom stereocenters. The van der Waals surface area contributed by atoms with Crippen LogP contribution in [0.25, 0.3) is 0 Å². The average Bonchev–Trinajstić information content (AvgIpc) is 3.02. The standard InChI is InChI=1S/C9H20N3O3PS/c10-9(12-7-8-1-2-8)3-4-11-5-6-17-16(13,14)15/h8,11H,1-7H2,(H2,10,12)(H2,13,14,15). The van der Waals surface area contributed by atoms with Crippen molar-refractivity contribution in [3.05, 3.63) is 0 Å². The second-order valence-corrected chi connectivity index (χ2v) is 7.95. The van der Waals surface area contributed by atoms with Crippen LogP contribution < -0.4 is 11.1 Å². The minimum absolute atomic E-state index is 0.392. The fraction of sp³-hybridized carbons (Fsp3) is 0.889. The first-order valence-electron chi connectivity index (χ1n) is 5.67. The van der Waals surface area contributed by atoms with Gasteiger partial charge in [0.25, 0.3) is 0 Å². The van der Waals surface area contributed by atoms with Gasteiger partial charge in [-0.2, -0.15) is 0 Å². The van der Waals surface area contributed by atoms with E-state index in [1.807, 2.05) is 0 Å². The molecule has 1 rings (SSSR count). The molecule has 100 valence electrons. The summed E-state index contributed by atoms with van der Waals surface area (Å²) >= 11 is 0.658. The molecule has 0 aliphatic heterocycles. The van der Waals surface area contributed by atoms with Gasteiger partial charge in [0.1, 0.15) is 0 Å². The highest BCUT2D eigenvalue weighted by atomic mass is 32.7. The third-order valence-electron chi connectivity index (χ3n) is 2.35. The van der Waals surface area contributed by atoms with E-state index in [0.29, 0.717) is 42.5 Å². The maximum Gasteiger partial charge on any atom is 0.384 e. The van der Waals surface area contributed by atoms with Crippen molar-refractivity contribution in [1.82, 2.24) is 5.32 Å². The normalized spacial score (nSPS) is 17.4. The zero-order chi connectivity index (χ0) is 12.7. The molecule has 5 N–H and O–H groups in total. The molecule has 8 heteroatoms. The summed E-state index contributed by atoms with van der Waals surface area (Å²) in [5, 5.41) is 3.07. The number of hydrogen-bond donors (Lipinski definition) is 4. The van der Waals surface area contributed by atoms with Gasteiger partial charge in [-0.1, -0.05) is 0 Å². The summed E-state index contributed by atoms with van der Waals surface area (Å²) in [4.78, 5) is 21.5. The first-order valence-corrected chi connectivity index (χ1v) is 8.87. The lowest BCUT2D eigenvalue weighted by Gasteiger charge is -2.05. The Morgan fingerprint density at radius 1 is 1.47 bits per heavy atom. The van der Waals surface area contributed by atoms with Crippen molar-refractivity contribution in [3.63, 3.8) is 0 Å². The number of aliphatic imine (C=N–C) groups is 1. The van der Waals surface area contributed by atoms with Crippen molar-refractivity contribution >= 4 is 24.0 Å². The van der Waals surface area contributed by atoms with Crippen molar-refractivity contribution < 1.29 is 14.4 Å². The molecule has 1 aliphatic rings. The van der Waals surface area contributed by atoms with E-state index in [0.717, 1.165) is 12.5 Å². The summed E-state index contributed by atoms with van der Waals surface area (Å²) in [5.41, 5.74) is 5.71. The largest absolute Gasteiger partial charge is 0.387 e. The van der Waals surface area contributed by atoms with Gasteiger partial charge in [-0.3, -0.25) is 4.99 Å². The van der Waals surface area contributed by atoms with E-state index in [2.05, 4.69) is 10.3 Å². The Morgan fingerprint density at radius 2 is 2.18 bits per heavy atom. The van der Waals surface area contributed by atoms with Crippen LogP contribution in [0.15, 0.2) is 4.99 Å². The van der Waals surface area contributed by atoms with Gasteiger partial charge in [0.2, 0.25) is 0 Å². The third kappa shape index (κ3) is 9.62. The maximum absolute atomic E-state index is 10.5. The van der Waals surface area contributed by atoms with Crippen LogP contribution in [-0.2, 0) is 4.57 Å². The predicted octanol–water partition coefficient (Wildman–Crippen LogP) is 0.559. The molecular formula is C9H20N3O3PS. The van der Waals surface area contributed by atoms with E-state index in [1.54, 1.807) is 0 Å². The summed E-state index contributed by atoms with van der Waals surface area (Å²) in [6.07, 6.45) is 3.23. The minimum Gasteiger partial charge on any atom is -0.387 e. The first kappa shape index (κ1) is 15.0. The molecule has 0 amide bonds. The van der Waals surface area contributed by atoms with Crippen LogP contribution in [0.2, 0.25) is 0 Å². The lowest BCUT2D eigenvalue weighted by Crippen LogP contribution is -2.24. The van der Waals surface area contributed by atoms with Crippen molar-refractivity contribution in [1.29, 1.82) is 0 Å². The molecule has 1 saturated carbocycles.